The van der Waals surface area contributed by atoms with Crippen LogP contribution in [0.5, 0.6) is 0 Å². The third-order valence-corrected chi connectivity index (χ3v) is 6.13. The Balaban J connectivity index is 2.34. The minimum absolute atomic E-state index is 0.0863. The summed E-state index contributed by atoms with van der Waals surface area (Å²) in [5, 5.41) is 18.5. The van der Waals surface area contributed by atoms with Crippen LogP contribution in [0.1, 0.15) is 22.3 Å². The summed E-state index contributed by atoms with van der Waals surface area (Å²) >= 11 is 0. The van der Waals surface area contributed by atoms with E-state index in [-0.39, 0.29) is 15.4 Å². The first-order valence-corrected chi connectivity index (χ1v) is 9.72. The SMILES string of the molecule is Cc1cccc(C2=CC(=C(C#N)C#N)C=C(c3cccc(C)c3)S2(=O)=O)c1. The highest BCUT2D eigenvalue weighted by Gasteiger charge is 2.30. The van der Waals surface area contributed by atoms with E-state index in [1.54, 1.807) is 36.4 Å². The summed E-state index contributed by atoms with van der Waals surface area (Å²) in [6.45, 7) is 3.76. The number of hydrogen-bond acceptors (Lipinski definition) is 4. The van der Waals surface area contributed by atoms with Crippen molar-refractivity contribution in [3.63, 3.8) is 0 Å². The minimum Gasteiger partial charge on any atom is -0.218 e. The fourth-order valence-electron chi connectivity index (χ4n) is 2.97. The van der Waals surface area contributed by atoms with Crippen molar-refractivity contribution in [2.75, 3.05) is 0 Å². The van der Waals surface area contributed by atoms with E-state index in [2.05, 4.69) is 0 Å². The molecule has 0 aliphatic carbocycles. The molecule has 0 fully saturated rings. The molecule has 4 nitrogen and oxygen atoms in total. The molecule has 132 valence electrons. The van der Waals surface area contributed by atoms with Gasteiger partial charge in [0.1, 0.15) is 17.7 Å². The molecule has 0 atom stereocenters. The maximum absolute atomic E-state index is 13.4. The summed E-state index contributed by atoms with van der Waals surface area (Å²) in [6, 6.07) is 18.0. The van der Waals surface area contributed by atoms with Crippen LogP contribution in [-0.2, 0) is 9.84 Å². The maximum Gasteiger partial charge on any atom is 0.207 e. The fourth-order valence-corrected chi connectivity index (χ4v) is 4.65. The minimum atomic E-state index is -3.82. The van der Waals surface area contributed by atoms with Crippen LogP contribution in [0.15, 0.2) is 71.8 Å². The van der Waals surface area contributed by atoms with Crippen LogP contribution in [0.25, 0.3) is 9.81 Å². The van der Waals surface area contributed by atoms with E-state index in [1.165, 1.54) is 12.2 Å². The van der Waals surface area contributed by atoms with Crippen LogP contribution < -0.4 is 0 Å². The molecular formula is C22H16N2O2S. The Morgan fingerprint density at radius 2 is 1.26 bits per heavy atom. The zero-order chi connectivity index (χ0) is 19.6. The molecule has 0 N–H and O–H groups in total. The molecular weight excluding hydrogens is 356 g/mol. The van der Waals surface area contributed by atoms with Gasteiger partial charge in [0.25, 0.3) is 0 Å². The monoisotopic (exact) mass is 372 g/mol. The largest absolute Gasteiger partial charge is 0.218 e. The normalized spacial score (nSPS) is 15.2. The van der Waals surface area contributed by atoms with Crippen molar-refractivity contribution in [2.45, 2.75) is 13.8 Å². The van der Waals surface area contributed by atoms with Crippen LogP contribution in [0.4, 0.5) is 0 Å². The number of hydrogen-bond donors (Lipinski definition) is 0. The molecule has 0 aromatic heterocycles. The second-order valence-electron chi connectivity index (χ2n) is 6.31. The number of rotatable bonds is 2. The molecule has 2 aromatic rings. The molecule has 0 spiro atoms. The smallest absolute Gasteiger partial charge is 0.207 e. The lowest BCUT2D eigenvalue weighted by Gasteiger charge is -2.19. The standard InChI is InChI=1S/C22H16N2O2S/c1-15-5-3-7-17(9-15)21-11-19(20(13-23)14-24)12-22(27(21,25)26)18-8-4-6-16(2)10-18/h3-12H,1-2H3. The topological polar surface area (TPSA) is 81.7 Å². The lowest BCUT2D eigenvalue weighted by Crippen LogP contribution is -2.11. The second kappa shape index (κ2) is 7.07. The number of nitrogens with zero attached hydrogens (tertiary/aromatic N) is 2. The quantitative estimate of drug-likeness (QED) is 0.729. The van der Waals surface area contributed by atoms with Crippen molar-refractivity contribution in [1.29, 1.82) is 10.5 Å². The molecule has 1 aliphatic rings. The van der Waals surface area contributed by atoms with Gasteiger partial charge >= 0.3 is 0 Å². The number of sulfone groups is 1. The Morgan fingerprint density at radius 3 is 1.63 bits per heavy atom. The number of benzene rings is 2. The van der Waals surface area contributed by atoms with Gasteiger partial charge in [-0.25, -0.2) is 8.42 Å². The van der Waals surface area contributed by atoms with Crippen LogP contribution >= 0.6 is 0 Å². The van der Waals surface area contributed by atoms with Gasteiger partial charge in [-0.2, -0.15) is 10.5 Å². The van der Waals surface area contributed by atoms with Crippen LogP contribution in [0, 0.1) is 36.5 Å². The predicted molar refractivity (Wildman–Crippen MR) is 105 cm³/mol. The number of nitriles is 2. The van der Waals surface area contributed by atoms with Gasteiger partial charge < -0.3 is 0 Å². The Morgan fingerprint density at radius 1 is 0.815 bits per heavy atom. The molecule has 0 saturated heterocycles. The van der Waals surface area contributed by atoms with Gasteiger partial charge in [-0.15, -0.1) is 0 Å². The van der Waals surface area contributed by atoms with Gasteiger partial charge in [0.05, 0.1) is 9.81 Å². The Hall–Kier alpha value is -3.41. The summed E-state index contributed by atoms with van der Waals surface area (Å²) in [4.78, 5) is 0.173. The van der Waals surface area contributed by atoms with E-state index in [9.17, 15) is 18.9 Å². The number of allylic oxidation sites excluding steroid dienone is 4. The van der Waals surface area contributed by atoms with Gasteiger partial charge in [-0.1, -0.05) is 59.7 Å². The predicted octanol–water partition coefficient (Wildman–Crippen LogP) is 4.46. The van der Waals surface area contributed by atoms with E-state index >= 15 is 0 Å². The molecule has 1 heterocycles. The van der Waals surface area contributed by atoms with Gasteiger partial charge in [0.15, 0.2) is 0 Å². The molecule has 2 aromatic carbocycles. The second-order valence-corrected chi connectivity index (χ2v) is 8.20. The van der Waals surface area contributed by atoms with Crippen molar-refractivity contribution in [3.05, 3.63) is 94.1 Å². The van der Waals surface area contributed by atoms with Gasteiger partial charge in [0, 0.05) is 5.57 Å². The highest BCUT2D eigenvalue weighted by Crippen LogP contribution is 2.39. The molecule has 27 heavy (non-hydrogen) atoms. The summed E-state index contributed by atoms with van der Waals surface area (Å²) in [5.41, 5.74) is 3.06. The zero-order valence-electron chi connectivity index (χ0n) is 14.9. The molecule has 0 amide bonds. The molecule has 0 unspecified atom stereocenters. The van der Waals surface area contributed by atoms with Crippen LogP contribution in [-0.4, -0.2) is 8.42 Å². The highest BCUT2D eigenvalue weighted by atomic mass is 32.2. The van der Waals surface area contributed by atoms with E-state index in [1.807, 2.05) is 38.1 Å². The molecule has 1 aliphatic heterocycles. The van der Waals surface area contributed by atoms with E-state index in [0.29, 0.717) is 16.7 Å². The van der Waals surface area contributed by atoms with Crippen LogP contribution in [0.3, 0.4) is 0 Å². The average Bonchev–Trinajstić information content (AvgIpc) is 2.63. The van der Waals surface area contributed by atoms with Gasteiger partial charge in [-0.05, 0) is 37.1 Å². The summed E-state index contributed by atoms with van der Waals surface area (Å²) < 4.78 is 26.7. The Labute approximate surface area is 158 Å². The highest BCUT2D eigenvalue weighted by molar-refractivity contribution is 8.09. The van der Waals surface area contributed by atoms with E-state index in [0.717, 1.165) is 11.1 Å². The zero-order valence-corrected chi connectivity index (χ0v) is 15.7. The van der Waals surface area contributed by atoms with Crippen molar-refractivity contribution in [3.8, 4) is 12.1 Å². The molecule has 0 saturated carbocycles. The van der Waals surface area contributed by atoms with E-state index in [4.69, 9.17) is 0 Å². The number of aryl methyl sites for hydroxylation is 2. The first-order chi connectivity index (χ1) is 12.9. The summed E-state index contributed by atoms with van der Waals surface area (Å²) in [6.07, 6.45) is 2.82. The fraction of sp³-hybridized carbons (Fsp3) is 0.0909. The Kier molecular flexibility index (Phi) is 4.81. The third kappa shape index (κ3) is 3.46. The lowest BCUT2D eigenvalue weighted by molar-refractivity contribution is 0.614. The van der Waals surface area contributed by atoms with Crippen molar-refractivity contribution in [2.24, 2.45) is 0 Å². The Bertz CT molecular complexity index is 1130. The van der Waals surface area contributed by atoms with Crippen molar-refractivity contribution in [1.82, 2.24) is 0 Å². The average molecular weight is 372 g/mol. The van der Waals surface area contributed by atoms with Gasteiger partial charge in [-0.3, -0.25) is 0 Å². The third-order valence-electron chi connectivity index (χ3n) is 4.27. The summed E-state index contributed by atoms with van der Waals surface area (Å²) in [5.74, 6) is 0. The first-order valence-electron chi connectivity index (χ1n) is 8.24. The van der Waals surface area contributed by atoms with Crippen LogP contribution in [0.2, 0.25) is 0 Å². The molecule has 3 rings (SSSR count). The molecule has 0 bridgehead atoms. The first kappa shape index (κ1) is 18.4. The lowest BCUT2D eigenvalue weighted by atomic mass is 10.0. The van der Waals surface area contributed by atoms with Crippen molar-refractivity contribution >= 4 is 19.6 Å². The molecule has 5 heteroatoms. The van der Waals surface area contributed by atoms with Gasteiger partial charge in [0.2, 0.25) is 9.84 Å². The molecule has 0 radical (unpaired) electrons. The van der Waals surface area contributed by atoms with Crippen molar-refractivity contribution < 1.29 is 8.42 Å². The maximum atomic E-state index is 13.4. The van der Waals surface area contributed by atoms with E-state index < -0.39 is 9.84 Å². The summed E-state index contributed by atoms with van der Waals surface area (Å²) in [7, 11) is -3.82.